The van der Waals surface area contributed by atoms with Gasteiger partial charge in [0.05, 0.1) is 11.9 Å². The number of hydrogen-bond donors (Lipinski definition) is 0. The van der Waals surface area contributed by atoms with E-state index in [1.807, 2.05) is 66.9 Å². The van der Waals surface area contributed by atoms with Gasteiger partial charge in [-0.05, 0) is 35.1 Å². The van der Waals surface area contributed by atoms with Crippen molar-refractivity contribution < 1.29 is 4.42 Å². The van der Waals surface area contributed by atoms with Gasteiger partial charge in [-0.1, -0.05) is 94.4 Å². The van der Waals surface area contributed by atoms with Gasteiger partial charge in [-0.15, -0.1) is 0 Å². The third-order valence-corrected chi connectivity index (χ3v) is 5.37. The highest BCUT2D eigenvalue weighted by atomic mass is 16.4. The first-order chi connectivity index (χ1) is 15.0. The molecule has 4 rings (SSSR count). The number of nitrogens with zero attached hydrogens (tertiary/aromatic N) is 2. The molecule has 156 valence electrons. The Morgan fingerprint density at radius 3 is 1.81 bits per heavy atom. The summed E-state index contributed by atoms with van der Waals surface area (Å²) in [5, 5.41) is 0. The lowest BCUT2D eigenvalue weighted by Crippen LogP contribution is -1.96. The molecule has 3 aromatic carbocycles. The van der Waals surface area contributed by atoms with Gasteiger partial charge in [0, 0.05) is 11.1 Å². The van der Waals surface area contributed by atoms with Crippen molar-refractivity contribution in [1.29, 1.82) is 0 Å². The first-order valence-corrected chi connectivity index (χ1v) is 10.8. The predicted molar refractivity (Wildman–Crippen MR) is 129 cm³/mol. The summed E-state index contributed by atoms with van der Waals surface area (Å²) in [5.74, 6) is 2.10. The molecule has 0 amide bonds. The minimum Gasteiger partial charge on any atom is -0.435 e. The standard InChI is InChI=1S/C28H28N2O/c1-19(2)23-16-11-17-24(20(3)4)26(23)29-18-25-27(21-12-7-5-8-13-21)31-28(30-25)22-14-9-6-10-15-22/h5-20H,1-4H3/b29-18+. The smallest absolute Gasteiger partial charge is 0.227 e. The van der Waals surface area contributed by atoms with E-state index in [1.54, 1.807) is 0 Å². The molecule has 0 fully saturated rings. The summed E-state index contributed by atoms with van der Waals surface area (Å²) in [6.45, 7) is 8.82. The number of aromatic nitrogens is 1. The summed E-state index contributed by atoms with van der Waals surface area (Å²) in [5.41, 5.74) is 6.20. The van der Waals surface area contributed by atoms with Crippen molar-refractivity contribution in [1.82, 2.24) is 4.98 Å². The SMILES string of the molecule is CC(C)c1cccc(C(C)C)c1/N=C/c1nc(-c2ccccc2)oc1-c1ccccc1. The second-order valence-electron chi connectivity index (χ2n) is 8.32. The van der Waals surface area contributed by atoms with E-state index in [0.717, 1.165) is 28.3 Å². The van der Waals surface area contributed by atoms with Gasteiger partial charge in [0.25, 0.3) is 0 Å². The molecular weight excluding hydrogens is 380 g/mol. The highest BCUT2D eigenvalue weighted by Crippen LogP contribution is 2.35. The maximum absolute atomic E-state index is 6.23. The Kier molecular flexibility index (Phi) is 6.13. The van der Waals surface area contributed by atoms with Crippen LogP contribution in [0.15, 0.2) is 88.3 Å². The van der Waals surface area contributed by atoms with E-state index < -0.39 is 0 Å². The van der Waals surface area contributed by atoms with E-state index in [2.05, 4.69) is 45.9 Å². The Bertz CT molecular complexity index is 1150. The maximum atomic E-state index is 6.23. The molecule has 0 spiro atoms. The summed E-state index contributed by atoms with van der Waals surface area (Å²) < 4.78 is 6.23. The summed E-state index contributed by atoms with van der Waals surface area (Å²) in [6, 6.07) is 26.5. The molecule has 0 saturated heterocycles. The normalized spacial score (nSPS) is 11.7. The van der Waals surface area contributed by atoms with Crippen molar-refractivity contribution in [3.63, 3.8) is 0 Å². The van der Waals surface area contributed by atoms with Gasteiger partial charge in [0.1, 0.15) is 5.69 Å². The van der Waals surface area contributed by atoms with Gasteiger partial charge in [0.2, 0.25) is 5.89 Å². The fraction of sp³-hybridized carbons (Fsp3) is 0.214. The van der Waals surface area contributed by atoms with Crippen LogP contribution in [-0.4, -0.2) is 11.2 Å². The number of oxazole rings is 1. The van der Waals surface area contributed by atoms with Crippen LogP contribution < -0.4 is 0 Å². The Balaban J connectivity index is 1.84. The third kappa shape index (κ3) is 4.51. The van der Waals surface area contributed by atoms with Crippen LogP contribution in [0.4, 0.5) is 5.69 Å². The first-order valence-electron chi connectivity index (χ1n) is 10.8. The van der Waals surface area contributed by atoms with Crippen molar-refractivity contribution in [2.45, 2.75) is 39.5 Å². The Morgan fingerprint density at radius 2 is 1.26 bits per heavy atom. The van der Waals surface area contributed by atoms with Crippen LogP contribution in [-0.2, 0) is 0 Å². The highest BCUT2D eigenvalue weighted by Gasteiger charge is 2.17. The molecule has 0 bridgehead atoms. The number of hydrogen-bond acceptors (Lipinski definition) is 3. The van der Waals surface area contributed by atoms with Crippen molar-refractivity contribution in [2.24, 2.45) is 4.99 Å². The number of aliphatic imine (C=N–C) groups is 1. The average molecular weight is 409 g/mol. The first kappa shape index (κ1) is 20.8. The fourth-order valence-corrected chi connectivity index (χ4v) is 3.71. The molecule has 0 radical (unpaired) electrons. The van der Waals surface area contributed by atoms with Crippen LogP contribution in [0, 0.1) is 0 Å². The van der Waals surface area contributed by atoms with Gasteiger partial charge in [0.15, 0.2) is 5.76 Å². The van der Waals surface area contributed by atoms with E-state index in [0.29, 0.717) is 17.7 Å². The van der Waals surface area contributed by atoms with Gasteiger partial charge in [-0.25, -0.2) is 4.98 Å². The van der Waals surface area contributed by atoms with E-state index in [9.17, 15) is 0 Å². The molecule has 0 atom stereocenters. The van der Waals surface area contributed by atoms with Crippen molar-refractivity contribution in [3.8, 4) is 22.8 Å². The molecule has 0 aliphatic rings. The molecule has 31 heavy (non-hydrogen) atoms. The van der Waals surface area contributed by atoms with Gasteiger partial charge in [-0.2, -0.15) is 0 Å². The van der Waals surface area contributed by atoms with Crippen molar-refractivity contribution in [3.05, 3.63) is 95.7 Å². The van der Waals surface area contributed by atoms with Crippen molar-refractivity contribution >= 4 is 11.9 Å². The monoisotopic (exact) mass is 408 g/mol. The Labute approximate surface area is 184 Å². The van der Waals surface area contributed by atoms with Gasteiger partial charge >= 0.3 is 0 Å². The van der Waals surface area contributed by atoms with Crippen LogP contribution in [0.3, 0.4) is 0 Å². The number of benzene rings is 3. The maximum Gasteiger partial charge on any atom is 0.227 e. The highest BCUT2D eigenvalue weighted by molar-refractivity contribution is 5.89. The molecule has 4 aromatic rings. The lowest BCUT2D eigenvalue weighted by molar-refractivity contribution is 0.588. The summed E-state index contributed by atoms with van der Waals surface area (Å²) in [6.07, 6.45) is 1.85. The van der Waals surface area contributed by atoms with Crippen LogP contribution in [0.25, 0.3) is 22.8 Å². The molecule has 3 nitrogen and oxygen atoms in total. The zero-order valence-corrected chi connectivity index (χ0v) is 18.5. The van der Waals surface area contributed by atoms with E-state index in [4.69, 9.17) is 14.4 Å². The zero-order chi connectivity index (χ0) is 21.8. The second-order valence-corrected chi connectivity index (χ2v) is 8.32. The molecule has 1 heterocycles. The molecule has 0 aliphatic heterocycles. The third-order valence-electron chi connectivity index (χ3n) is 5.37. The Morgan fingerprint density at radius 1 is 0.710 bits per heavy atom. The number of para-hydroxylation sites is 1. The molecule has 1 aromatic heterocycles. The average Bonchev–Trinajstić information content (AvgIpc) is 3.22. The van der Waals surface area contributed by atoms with Crippen LogP contribution in [0.5, 0.6) is 0 Å². The molecule has 3 heteroatoms. The minimum absolute atomic E-state index is 0.386. The number of rotatable bonds is 6. The predicted octanol–water partition coefficient (Wildman–Crippen LogP) is 8.01. The Hall–Kier alpha value is -3.46. The summed E-state index contributed by atoms with van der Waals surface area (Å²) >= 11 is 0. The summed E-state index contributed by atoms with van der Waals surface area (Å²) in [7, 11) is 0. The van der Waals surface area contributed by atoms with Gasteiger partial charge in [-0.3, -0.25) is 4.99 Å². The second kappa shape index (κ2) is 9.13. The van der Waals surface area contributed by atoms with E-state index >= 15 is 0 Å². The lowest BCUT2D eigenvalue weighted by atomic mass is 9.93. The topological polar surface area (TPSA) is 38.4 Å². The lowest BCUT2D eigenvalue weighted by Gasteiger charge is -2.16. The quantitative estimate of drug-likeness (QED) is 0.303. The summed E-state index contributed by atoms with van der Waals surface area (Å²) in [4.78, 5) is 9.77. The van der Waals surface area contributed by atoms with Gasteiger partial charge < -0.3 is 4.42 Å². The van der Waals surface area contributed by atoms with E-state index in [-0.39, 0.29) is 0 Å². The minimum atomic E-state index is 0.386. The molecule has 0 unspecified atom stereocenters. The molecular formula is C28H28N2O. The molecule has 0 aliphatic carbocycles. The zero-order valence-electron chi connectivity index (χ0n) is 18.5. The van der Waals surface area contributed by atoms with Crippen LogP contribution in [0.2, 0.25) is 0 Å². The fourth-order valence-electron chi connectivity index (χ4n) is 3.71. The van der Waals surface area contributed by atoms with E-state index in [1.165, 1.54) is 11.1 Å². The largest absolute Gasteiger partial charge is 0.435 e. The van der Waals surface area contributed by atoms with Crippen LogP contribution in [0.1, 0.15) is 56.4 Å². The van der Waals surface area contributed by atoms with Crippen molar-refractivity contribution in [2.75, 3.05) is 0 Å². The molecule has 0 N–H and O–H groups in total. The van der Waals surface area contributed by atoms with Crippen LogP contribution >= 0.6 is 0 Å². The molecule has 0 saturated carbocycles.